The van der Waals surface area contributed by atoms with Gasteiger partial charge in [0.25, 0.3) is 0 Å². The van der Waals surface area contributed by atoms with Gasteiger partial charge in [0.05, 0.1) is 0 Å². The Hall–Kier alpha value is -0.260. The average Bonchev–Trinajstić information content (AvgIpc) is 1.98. The molecule has 0 amide bonds. The molecule has 0 aromatic rings. The van der Waals surface area contributed by atoms with Crippen LogP contribution in [0.25, 0.3) is 0 Å². The number of rotatable bonds is 3. The minimum Gasteiger partial charge on any atom is -0.0857 e. The van der Waals surface area contributed by atoms with Crippen molar-refractivity contribution in [3.8, 4) is 0 Å². The van der Waals surface area contributed by atoms with Gasteiger partial charge < -0.3 is 0 Å². The van der Waals surface area contributed by atoms with Gasteiger partial charge in [0, 0.05) is 0 Å². The summed E-state index contributed by atoms with van der Waals surface area (Å²) in [5.74, 6) is 3.45. The predicted octanol–water partition coefficient (Wildman–Crippen LogP) is 3.88. The summed E-state index contributed by atoms with van der Waals surface area (Å²) in [5.41, 5.74) is 0. The van der Waals surface area contributed by atoms with Crippen molar-refractivity contribution in [1.82, 2.24) is 0 Å². The first kappa shape index (κ1) is 9.83. The first-order valence-electron chi connectivity index (χ1n) is 5.29. The van der Waals surface area contributed by atoms with Gasteiger partial charge in [0.1, 0.15) is 0 Å². The van der Waals surface area contributed by atoms with Crippen LogP contribution < -0.4 is 0 Å². The lowest BCUT2D eigenvalue weighted by Gasteiger charge is -2.37. The third-order valence-electron chi connectivity index (χ3n) is 3.16. The van der Waals surface area contributed by atoms with Crippen LogP contribution in [0.2, 0.25) is 0 Å². The summed E-state index contributed by atoms with van der Waals surface area (Å²) in [4.78, 5) is 0. The van der Waals surface area contributed by atoms with Gasteiger partial charge in [0.15, 0.2) is 0 Å². The molecule has 0 heterocycles. The fourth-order valence-corrected chi connectivity index (χ4v) is 2.01. The summed E-state index contributed by atoms with van der Waals surface area (Å²) in [6.45, 7) is 9.23. The molecule has 0 aromatic heterocycles. The van der Waals surface area contributed by atoms with Gasteiger partial charge in [-0.15, -0.1) is 0 Å². The highest BCUT2D eigenvalue weighted by Crippen LogP contribution is 2.39. The molecule has 70 valence electrons. The molecule has 0 saturated heterocycles. The Morgan fingerprint density at radius 2 is 1.75 bits per heavy atom. The summed E-state index contributed by atoms with van der Waals surface area (Å²) >= 11 is 0. The Bertz CT molecular complexity index is 155. The molecule has 0 N–H and O–H groups in total. The molecule has 0 aliphatic heterocycles. The Kier molecular flexibility index (Phi) is 3.37. The lowest BCUT2D eigenvalue weighted by molar-refractivity contribution is 0.153. The molecular weight excluding hydrogens is 144 g/mol. The highest BCUT2D eigenvalue weighted by molar-refractivity contribution is 4.95. The molecule has 12 heavy (non-hydrogen) atoms. The topological polar surface area (TPSA) is 0 Å². The lowest BCUT2D eigenvalue weighted by atomic mass is 9.68. The molecule has 0 radical (unpaired) electrons. The van der Waals surface area contributed by atoms with Gasteiger partial charge in [-0.25, -0.2) is 0 Å². The van der Waals surface area contributed by atoms with Crippen LogP contribution in [0.15, 0.2) is 12.2 Å². The summed E-state index contributed by atoms with van der Waals surface area (Å²) in [6.07, 6.45) is 7.65. The Labute approximate surface area is 77.1 Å². The number of hydrogen-bond acceptors (Lipinski definition) is 0. The molecule has 3 atom stereocenters. The fraction of sp³-hybridized carbons (Fsp3) is 0.833. The van der Waals surface area contributed by atoms with Crippen LogP contribution in [0.5, 0.6) is 0 Å². The van der Waals surface area contributed by atoms with E-state index in [4.69, 9.17) is 0 Å². The standard InChI is InChI=1S/C12H22/c1-9(2)5-6-10(3)12-8-7-11(12)4/h5-6,9-12H,7-8H2,1-4H3. The summed E-state index contributed by atoms with van der Waals surface area (Å²) in [7, 11) is 0. The molecule has 1 aliphatic rings. The second-order valence-corrected chi connectivity index (χ2v) is 4.71. The third-order valence-corrected chi connectivity index (χ3v) is 3.16. The van der Waals surface area contributed by atoms with Crippen LogP contribution >= 0.6 is 0 Å². The normalized spacial score (nSPS) is 32.4. The maximum Gasteiger partial charge on any atom is -0.0231 e. The predicted molar refractivity (Wildman–Crippen MR) is 55.0 cm³/mol. The van der Waals surface area contributed by atoms with Crippen molar-refractivity contribution in [2.45, 2.75) is 40.5 Å². The molecule has 1 fully saturated rings. The molecule has 3 unspecified atom stereocenters. The molecule has 0 aromatic carbocycles. The van der Waals surface area contributed by atoms with E-state index in [-0.39, 0.29) is 0 Å². The van der Waals surface area contributed by atoms with E-state index >= 15 is 0 Å². The monoisotopic (exact) mass is 166 g/mol. The van der Waals surface area contributed by atoms with Crippen LogP contribution in [-0.4, -0.2) is 0 Å². The molecule has 0 heteroatoms. The SMILES string of the molecule is CC(C)C=CC(C)C1CCC1C. The Balaban J connectivity index is 2.32. The van der Waals surface area contributed by atoms with Gasteiger partial charge in [-0.05, 0) is 30.1 Å². The van der Waals surface area contributed by atoms with Crippen molar-refractivity contribution in [1.29, 1.82) is 0 Å². The smallest absolute Gasteiger partial charge is 0.0231 e. The molecule has 1 aliphatic carbocycles. The van der Waals surface area contributed by atoms with Crippen molar-refractivity contribution in [3.63, 3.8) is 0 Å². The zero-order valence-electron chi connectivity index (χ0n) is 8.88. The third kappa shape index (κ3) is 2.36. The zero-order valence-corrected chi connectivity index (χ0v) is 8.88. The van der Waals surface area contributed by atoms with E-state index in [1.54, 1.807) is 0 Å². The minimum absolute atomic E-state index is 0.711. The molecule has 1 saturated carbocycles. The second-order valence-electron chi connectivity index (χ2n) is 4.71. The molecule has 1 rings (SSSR count). The maximum atomic E-state index is 2.41. The van der Waals surface area contributed by atoms with E-state index in [9.17, 15) is 0 Å². The van der Waals surface area contributed by atoms with Gasteiger partial charge in [-0.3, -0.25) is 0 Å². The van der Waals surface area contributed by atoms with Crippen molar-refractivity contribution in [2.24, 2.45) is 23.7 Å². The highest BCUT2D eigenvalue weighted by atomic mass is 14.3. The van der Waals surface area contributed by atoms with Crippen molar-refractivity contribution < 1.29 is 0 Å². The first-order chi connectivity index (χ1) is 5.61. The first-order valence-corrected chi connectivity index (χ1v) is 5.29. The minimum atomic E-state index is 0.711. The van der Waals surface area contributed by atoms with E-state index in [2.05, 4.69) is 39.8 Å². The molecule has 0 spiro atoms. The Morgan fingerprint density at radius 1 is 1.08 bits per heavy atom. The van der Waals surface area contributed by atoms with Crippen molar-refractivity contribution in [3.05, 3.63) is 12.2 Å². The number of allylic oxidation sites excluding steroid dienone is 2. The van der Waals surface area contributed by atoms with Gasteiger partial charge >= 0.3 is 0 Å². The van der Waals surface area contributed by atoms with Crippen LogP contribution in [0.4, 0.5) is 0 Å². The number of hydrogen-bond donors (Lipinski definition) is 0. The van der Waals surface area contributed by atoms with E-state index in [0.717, 1.165) is 17.8 Å². The van der Waals surface area contributed by atoms with Crippen molar-refractivity contribution in [2.75, 3.05) is 0 Å². The van der Waals surface area contributed by atoms with Crippen LogP contribution in [0, 0.1) is 23.7 Å². The highest BCUT2D eigenvalue weighted by Gasteiger charge is 2.29. The van der Waals surface area contributed by atoms with Crippen molar-refractivity contribution >= 4 is 0 Å². The maximum absolute atomic E-state index is 2.41. The molecule has 0 nitrogen and oxygen atoms in total. The summed E-state index contributed by atoms with van der Waals surface area (Å²) in [6, 6.07) is 0. The molecule has 0 bridgehead atoms. The van der Waals surface area contributed by atoms with E-state index < -0.39 is 0 Å². The van der Waals surface area contributed by atoms with Gasteiger partial charge in [0.2, 0.25) is 0 Å². The second kappa shape index (κ2) is 4.11. The molecular formula is C12H22. The average molecular weight is 166 g/mol. The van der Waals surface area contributed by atoms with E-state index in [1.165, 1.54) is 12.8 Å². The van der Waals surface area contributed by atoms with E-state index in [1.807, 2.05) is 0 Å². The lowest BCUT2D eigenvalue weighted by Crippen LogP contribution is -2.28. The quantitative estimate of drug-likeness (QED) is 0.558. The van der Waals surface area contributed by atoms with Crippen LogP contribution in [-0.2, 0) is 0 Å². The van der Waals surface area contributed by atoms with E-state index in [0.29, 0.717) is 5.92 Å². The van der Waals surface area contributed by atoms with Gasteiger partial charge in [-0.1, -0.05) is 46.3 Å². The summed E-state index contributed by atoms with van der Waals surface area (Å²) < 4.78 is 0. The van der Waals surface area contributed by atoms with Crippen LogP contribution in [0.3, 0.4) is 0 Å². The van der Waals surface area contributed by atoms with Gasteiger partial charge in [-0.2, -0.15) is 0 Å². The Morgan fingerprint density at radius 3 is 2.08 bits per heavy atom. The summed E-state index contributed by atoms with van der Waals surface area (Å²) in [5, 5.41) is 0. The van der Waals surface area contributed by atoms with Crippen LogP contribution in [0.1, 0.15) is 40.5 Å². The fourth-order valence-electron chi connectivity index (χ4n) is 2.01. The largest absolute Gasteiger partial charge is 0.0857 e. The zero-order chi connectivity index (χ0) is 9.14.